The summed E-state index contributed by atoms with van der Waals surface area (Å²) in [6, 6.07) is 9.22. The van der Waals surface area contributed by atoms with E-state index in [-0.39, 0.29) is 6.42 Å². The Bertz CT molecular complexity index is 593. The Morgan fingerprint density at radius 1 is 1.04 bits per heavy atom. The average molecular weight is 351 g/mol. The average Bonchev–Trinajstić information content (AvgIpc) is 2.56. The first-order valence-electron chi connectivity index (χ1n) is 7.93. The first kappa shape index (κ1) is 20.6. The van der Waals surface area contributed by atoms with E-state index in [9.17, 15) is 14.4 Å². The summed E-state index contributed by atoms with van der Waals surface area (Å²) in [5, 5.41) is 0. The maximum Gasteiger partial charge on any atom is 0.338 e. The standard InChI is InChI=1S/C18H25NO6/c1-18(2,3)24-16(21)14(17(22)25-19)11-13(15(20)23-4)10-12-8-6-5-7-9-12/h5-9,13-14H,10-11,19H2,1-4H3. The summed E-state index contributed by atoms with van der Waals surface area (Å²) < 4.78 is 10.0. The number of hydrogen-bond acceptors (Lipinski definition) is 7. The van der Waals surface area contributed by atoms with Crippen LogP contribution in [0.2, 0.25) is 0 Å². The smallest absolute Gasteiger partial charge is 0.338 e. The van der Waals surface area contributed by atoms with Gasteiger partial charge in [0.05, 0.1) is 13.0 Å². The van der Waals surface area contributed by atoms with E-state index in [4.69, 9.17) is 15.4 Å². The second-order valence-electron chi connectivity index (χ2n) is 6.67. The molecule has 0 fully saturated rings. The number of carbonyl (C=O) groups is 3. The van der Waals surface area contributed by atoms with Crippen molar-refractivity contribution in [2.75, 3.05) is 7.11 Å². The number of methoxy groups -OCH3 is 1. The summed E-state index contributed by atoms with van der Waals surface area (Å²) in [7, 11) is 1.25. The zero-order chi connectivity index (χ0) is 19.0. The Balaban J connectivity index is 3.00. The predicted octanol–water partition coefficient (Wildman–Crippen LogP) is 1.78. The third-order valence-corrected chi connectivity index (χ3v) is 3.47. The number of carbonyl (C=O) groups excluding carboxylic acids is 3. The van der Waals surface area contributed by atoms with E-state index >= 15 is 0 Å². The highest BCUT2D eigenvalue weighted by Crippen LogP contribution is 2.23. The Hall–Kier alpha value is -2.41. The zero-order valence-electron chi connectivity index (χ0n) is 15.0. The molecule has 0 heterocycles. The first-order valence-corrected chi connectivity index (χ1v) is 7.93. The van der Waals surface area contributed by atoms with E-state index in [2.05, 4.69) is 4.84 Å². The second-order valence-corrected chi connectivity index (χ2v) is 6.67. The molecule has 0 saturated carbocycles. The summed E-state index contributed by atoms with van der Waals surface area (Å²) in [6.45, 7) is 5.03. The van der Waals surface area contributed by atoms with Crippen molar-refractivity contribution in [3.05, 3.63) is 35.9 Å². The second kappa shape index (κ2) is 9.17. The minimum Gasteiger partial charge on any atom is -0.469 e. The maximum absolute atomic E-state index is 12.3. The van der Waals surface area contributed by atoms with Crippen LogP contribution in [0.15, 0.2) is 30.3 Å². The molecular weight excluding hydrogens is 326 g/mol. The highest BCUT2D eigenvalue weighted by Gasteiger charge is 2.37. The Kier molecular flexibility index (Phi) is 7.57. The van der Waals surface area contributed by atoms with Crippen LogP contribution in [0.3, 0.4) is 0 Å². The van der Waals surface area contributed by atoms with Crippen LogP contribution in [0, 0.1) is 11.8 Å². The maximum atomic E-state index is 12.3. The van der Waals surface area contributed by atoms with Crippen molar-refractivity contribution in [2.45, 2.75) is 39.2 Å². The quantitative estimate of drug-likeness (QED) is 0.453. The number of ether oxygens (including phenoxy) is 2. The SMILES string of the molecule is COC(=O)C(Cc1ccccc1)CC(C(=O)ON)C(=O)OC(C)(C)C. The molecule has 0 bridgehead atoms. The summed E-state index contributed by atoms with van der Waals surface area (Å²) in [5.74, 6) is 0.650. The van der Waals surface area contributed by atoms with E-state index in [1.165, 1.54) is 7.11 Å². The molecule has 0 spiro atoms. The Labute approximate surface area is 147 Å². The lowest BCUT2D eigenvalue weighted by Gasteiger charge is -2.24. The minimum absolute atomic E-state index is 0.119. The molecule has 7 heteroatoms. The molecule has 0 aliphatic heterocycles. The van der Waals surface area contributed by atoms with Gasteiger partial charge in [0.15, 0.2) is 5.92 Å². The predicted molar refractivity (Wildman–Crippen MR) is 89.9 cm³/mol. The topological polar surface area (TPSA) is 105 Å². The molecule has 0 aliphatic rings. The zero-order valence-corrected chi connectivity index (χ0v) is 15.0. The molecule has 25 heavy (non-hydrogen) atoms. The van der Waals surface area contributed by atoms with Gasteiger partial charge in [0.2, 0.25) is 0 Å². The van der Waals surface area contributed by atoms with Crippen molar-refractivity contribution >= 4 is 17.9 Å². The first-order chi connectivity index (χ1) is 11.7. The van der Waals surface area contributed by atoms with Crippen molar-refractivity contribution in [1.82, 2.24) is 0 Å². The van der Waals surface area contributed by atoms with Crippen molar-refractivity contribution in [3.8, 4) is 0 Å². The normalized spacial score (nSPS) is 13.5. The van der Waals surface area contributed by atoms with Gasteiger partial charge in [0.25, 0.3) is 0 Å². The number of nitrogens with two attached hydrogens (primary N) is 1. The number of hydrogen-bond donors (Lipinski definition) is 1. The van der Waals surface area contributed by atoms with E-state index in [1.54, 1.807) is 20.8 Å². The molecule has 2 unspecified atom stereocenters. The lowest BCUT2D eigenvalue weighted by molar-refractivity contribution is -0.170. The van der Waals surface area contributed by atoms with E-state index < -0.39 is 35.3 Å². The molecule has 0 amide bonds. The van der Waals surface area contributed by atoms with Gasteiger partial charge in [0.1, 0.15) is 5.60 Å². The number of rotatable bonds is 7. The molecule has 0 saturated heterocycles. The molecule has 1 rings (SSSR count). The van der Waals surface area contributed by atoms with E-state index in [1.807, 2.05) is 30.3 Å². The summed E-state index contributed by atoms with van der Waals surface area (Å²) >= 11 is 0. The molecule has 0 aliphatic carbocycles. The largest absolute Gasteiger partial charge is 0.469 e. The van der Waals surface area contributed by atoms with E-state index in [0.29, 0.717) is 6.42 Å². The van der Waals surface area contributed by atoms with Gasteiger partial charge in [-0.05, 0) is 39.2 Å². The fourth-order valence-corrected chi connectivity index (χ4v) is 2.36. The van der Waals surface area contributed by atoms with Crippen LogP contribution in [-0.4, -0.2) is 30.6 Å². The van der Waals surface area contributed by atoms with Gasteiger partial charge in [-0.25, -0.2) is 4.79 Å². The van der Waals surface area contributed by atoms with Crippen LogP contribution in [-0.2, 0) is 35.1 Å². The summed E-state index contributed by atoms with van der Waals surface area (Å²) in [4.78, 5) is 40.6. The summed E-state index contributed by atoms with van der Waals surface area (Å²) in [5.41, 5.74) is 0.0895. The number of esters is 2. The Morgan fingerprint density at radius 3 is 2.12 bits per heavy atom. The van der Waals surface area contributed by atoms with Crippen LogP contribution >= 0.6 is 0 Å². The Morgan fingerprint density at radius 2 is 1.64 bits per heavy atom. The van der Waals surface area contributed by atoms with Gasteiger partial charge in [-0.2, -0.15) is 5.90 Å². The molecule has 1 aromatic carbocycles. The third kappa shape index (κ3) is 6.93. The third-order valence-electron chi connectivity index (χ3n) is 3.47. The molecule has 138 valence electrons. The van der Waals surface area contributed by atoms with Gasteiger partial charge in [-0.1, -0.05) is 30.3 Å². The van der Waals surface area contributed by atoms with Crippen molar-refractivity contribution in [1.29, 1.82) is 0 Å². The van der Waals surface area contributed by atoms with Crippen LogP contribution < -0.4 is 5.90 Å². The van der Waals surface area contributed by atoms with Gasteiger partial charge < -0.3 is 14.3 Å². The van der Waals surface area contributed by atoms with Crippen LogP contribution in [0.1, 0.15) is 32.8 Å². The number of benzene rings is 1. The molecule has 2 atom stereocenters. The van der Waals surface area contributed by atoms with Gasteiger partial charge in [0, 0.05) is 0 Å². The fourth-order valence-electron chi connectivity index (χ4n) is 2.36. The molecule has 1 aromatic rings. The minimum atomic E-state index is -1.31. The van der Waals surface area contributed by atoms with Gasteiger partial charge >= 0.3 is 17.9 Å². The van der Waals surface area contributed by atoms with Crippen molar-refractivity contribution in [2.24, 2.45) is 17.7 Å². The lowest BCUT2D eigenvalue weighted by atomic mass is 9.89. The lowest BCUT2D eigenvalue weighted by Crippen LogP contribution is -2.37. The monoisotopic (exact) mass is 351 g/mol. The highest BCUT2D eigenvalue weighted by atomic mass is 16.7. The molecule has 7 nitrogen and oxygen atoms in total. The van der Waals surface area contributed by atoms with Crippen LogP contribution in [0.4, 0.5) is 0 Å². The van der Waals surface area contributed by atoms with Crippen molar-refractivity contribution in [3.63, 3.8) is 0 Å². The van der Waals surface area contributed by atoms with Crippen LogP contribution in [0.25, 0.3) is 0 Å². The van der Waals surface area contributed by atoms with Gasteiger partial charge in [-0.3, -0.25) is 9.59 Å². The summed E-state index contributed by atoms with van der Waals surface area (Å²) in [6.07, 6.45) is 0.192. The van der Waals surface area contributed by atoms with Gasteiger partial charge in [-0.15, -0.1) is 0 Å². The molecular formula is C18H25NO6. The van der Waals surface area contributed by atoms with E-state index in [0.717, 1.165) is 5.56 Å². The molecule has 0 aromatic heterocycles. The molecule has 0 radical (unpaired) electrons. The highest BCUT2D eigenvalue weighted by molar-refractivity contribution is 5.95. The van der Waals surface area contributed by atoms with Crippen molar-refractivity contribution < 1.29 is 28.7 Å². The van der Waals surface area contributed by atoms with Crippen LogP contribution in [0.5, 0.6) is 0 Å². The fraction of sp³-hybridized carbons (Fsp3) is 0.500. The molecule has 2 N–H and O–H groups in total.